The lowest BCUT2D eigenvalue weighted by Gasteiger charge is -2.17. The first kappa shape index (κ1) is 11.6. The molecule has 2 rings (SSSR count). The maximum absolute atomic E-state index is 11.7. The highest BCUT2D eigenvalue weighted by atomic mass is 16.3. The summed E-state index contributed by atoms with van der Waals surface area (Å²) >= 11 is 0. The maximum atomic E-state index is 11.7. The third kappa shape index (κ3) is 3.06. The molecule has 4 nitrogen and oxygen atoms in total. The Morgan fingerprint density at radius 2 is 2.18 bits per heavy atom. The Morgan fingerprint density at radius 1 is 1.41 bits per heavy atom. The molecule has 0 fully saturated rings. The summed E-state index contributed by atoms with van der Waals surface area (Å²) in [7, 11) is 0. The lowest BCUT2D eigenvalue weighted by atomic mass is 9.92. The van der Waals surface area contributed by atoms with Crippen molar-refractivity contribution in [2.75, 3.05) is 5.32 Å². The summed E-state index contributed by atoms with van der Waals surface area (Å²) in [6, 6.07) is 5.43. The molecular weight excluding hydrogens is 216 g/mol. The van der Waals surface area contributed by atoms with E-state index in [0.717, 1.165) is 11.2 Å². The first-order valence-corrected chi connectivity index (χ1v) is 5.57. The van der Waals surface area contributed by atoms with E-state index in [0.29, 0.717) is 12.0 Å². The summed E-state index contributed by atoms with van der Waals surface area (Å²) in [6.07, 6.45) is 1.88. The van der Waals surface area contributed by atoms with Crippen molar-refractivity contribution in [2.24, 2.45) is 5.41 Å². The monoisotopic (exact) mass is 232 g/mol. The number of rotatable bonds is 2. The summed E-state index contributed by atoms with van der Waals surface area (Å²) in [5, 5.41) is 2.85. The molecule has 0 unspecified atom stereocenters. The Bertz CT molecular complexity index is 538. The minimum atomic E-state index is -0.0135. The van der Waals surface area contributed by atoms with Crippen LogP contribution in [0, 0.1) is 5.41 Å². The van der Waals surface area contributed by atoms with Crippen molar-refractivity contribution in [3.63, 3.8) is 0 Å². The predicted molar refractivity (Wildman–Crippen MR) is 66.7 cm³/mol. The second-order valence-corrected chi connectivity index (χ2v) is 5.32. The van der Waals surface area contributed by atoms with E-state index in [4.69, 9.17) is 4.42 Å². The maximum Gasteiger partial charge on any atom is 0.224 e. The van der Waals surface area contributed by atoms with Gasteiger partial charge in [-0.1, -0.05) is 20.8 Å². The van der Waals surface area contributed by atoms with Crippen LogP contribution in [0.3, 0.4) is 0 Å². The molecule has 0 saturated carbocycles. The SMILES string of the molecule is CC(C)(C)CC(=O)Nc1ccc2ncoc2c1. The number of hydrogen-bond acceptors (Lipinski definition) is 3. The number of anilines is 1. The van der Waals surface area contributed by atoms with Gasteiger partial charge in [0.05, 0.1) is 0 Å². The molecule has 1 heterocycles. The van der Waals surface area contributed by atoms with Gasteiger partial charge in [-0.05, 0) is 17.5 Å². The molecule has 1 aromatic carbocycles. The molecule has 1 aromatic heterocycles. The van der Waals surface area contributed by atoms with Crippen molar-refractivity contribution in [3.8, 4) is 0 Å². The average molecular weight is 232 g/mol. The number of fused-ring (bicyclic) bond motifs is 1. The van der Waals surface area contributed by atoms with Crippen LogP contribution in [0.4, 0.5) is 5.69 Å². The van der Waals surface area contributed by atoms with Gasteiger partial charge in [-0.15, -0.1) is 0 Å². The molecule has 0 aliphatic heterocycles. The van der Waals surface area contributed by atoms with Crippen LogP contribution in [0.5, 0.6) is 0 Å². The van der Waals surface area contributed by atoms with Gasteiger partial charge in [0.25, 0.3) is 0 Å². The van der Waals surface area contributed by atoms with E-state index in [9.17, 15) is 4.79 Å². The number of aromatic nitrogens is 1. The van der Waals surface area contributed by atoms with Gasteiger partial charge in [0.15, 0.2) is 12.0 Å². The number of amides is 1. The topological polar surface area (TPSA) is 55.1 Å². The highest BCUT2D eigenvalue weighted by Gasteiger charge is 2.16. The van der Waals surface area contributed by atoms with Crippen LogP contribution in [0.15, 0.2) is 29.0 Å². The minimum absolute atomic E-state index is 0.0105. The van der Waals surface area contributed by atoms with E-state index in [1.54, 1.807) is 6.07 Å². The molecule has 0 aliphatic carbocycles. The van der Waals surface area contributed by atoms with Crippen molar-refractivity contribution < 1.29 is 9.21 Å². The second-order valence-electron chi connectivity index (χ2n) is 5.32. The van der Waals surface area contributed by atoms with Crippen LogP contribution < -0.4 is 5.32 Å². The Labute approximate surface area is 100 Å². The number of carbonyl (C=O) groups excluding carboxylic acids is 1. The van der Waals surface area contributed by atoms with Gasteiger partial charge >= 0.3 is 0 Å². The van der Waals surface area contributed by atoms with Crippen molar-refractivity contribution in [1.29, 1.82) is 0 Å². The molecule has 0 bridgehead atoms. The highest BCUT2D eigenvalue weighted by molar-refractivity contribution is 5.92. The molecule has 1 N–H and O–H groups in total. The van der Waals surface area contributed by atoms with Crippen LogP contribution in [0.1, 0.15) is 27.2 Å². The molecule has 0 atom stereocenters. The second kappa shape index (κ2) is 4.20. The molecule has 4 heteroatoms. The molecule has 0 radical (unpaired) electrons. The van der Waals surface area contributed by atoms with Crippen molar-refractivity contribution in [1.82, 2.24) is 4.98 Å². The number of nitrogens with one attached hydrogen (secondary N) is 1. The lowest BCUT2D eigenvalue weighted by molar-refractivity contribution is -0.117. The fraction of sp³-hybridized carbons (Fsp3) is 0.385. The largest absolute Gasteiger partial charge is 0.443 e. The van der Waals surface area contributed by atoms with Crippen LogP contribution in [-0.2, 0) is 4.79 Å². The Kier molecular flexibility index (Phi) is 2.88. The van der Waals surface area contributed by atoms with Gasteiger partial charge in [-0.3, -0.25) is 4.79 Å². The van der Waals surface area contributed by atoms with Crippen molar-refractivity contribution in [3.05, 3.63) is 24.6 Å². The summed E-state index contributed by atoms with van der Waals surface area (Å²) in [5.74, 6) is 0.0105. The molecule has 1 amide bonds. The van der Waals surface area contributed by atoms with Crippen LogP contribution in [-0.4, -0.2) is 10.9 Å². The van der Waals surface area contributed by atoms with Crippen LogP contribution >= 0.6 is 0 Å². The van der Waals surface area contributed by atoms with Gasteiger partial charge in [0, 0.05) is 18.2 Å². The number of carbonyl (C=O) groups is 1. The van der Waals surface area contributed by atoms with Gasteiger partial charge in [0.1, 0.15) is 5.52 Å². The fourth-order valence-electron chi connectivity index (χ4n) is 1.62. The van der Waals surface area contributed by atoms with E-state index >= 15 is 0 Å². The molecule has 0 saturated heterocycles. The molecule has 17 heavy (non-hydrogen) atoms. The Morgan fingerprint density at radius 3 is 2.88 bits per heavy atom. The zero-order valence-electron chi connectivity index (χ0n) is 10.3. The highest BCUT2D eigenvalue weighted by Crippen LogP contribution is 2.21. The van der Waals surface area contributed by atoms with Gasteiger partial charge in [-0.25, -0.2) is 4.98 Å². The number of oxazole rings is 1. The van der Waals surface area contributed by atoms with Crippen molar-refractivity contribution >= 4 is 22.7 Å². The summed E-state index contributed by atoms with van der Waals surface area (Å²) in [6.45, 7) is 6.10. The smallest absolute Gasteiger partial charge is 0.224 e. The van der Waals surface area contributed by atoms with Gasteiger partial charge in [-0.2, -0.15) is 0 Å². The third-order valence-corrected chi connectivity index (χ3v) is 2.31. The van der Waals surface area contributed by atoms with Crippen LogP contribution in [0.25, 0.3) is 11.1 Å². The predicted octanol–water partition coefficient (Wildman–Crippen LogP) is 3.20. The number of hydrogen-bond donors (Lipinski definition) is 1. The minimum Gasteiger partial charge on any atom is -0.443 e. The molecular formula is C13H16N2O2. The molecule has 0 spiro atoms. The molecule has 0 aliphatic rings. The van der Waals surface area contributed by atoms with E-state index in [2.05, 4.69) is 10.3 Å². The lowest BCUT2D eigenvalue weighted by Crippen LogP contribution is -2.19. The number of benzene rings is 1. The normalized spacial score (nSPS) is 11.7. The first-order chi connectivity index (χ1) is 7.94. The molecule has 2 aromatic rings. The number of nitrogens with zero attached hydrogens (tertiary/aromatic N) is 1. The third-order valence-electron chi connectivity index (χ3n) is 2.31. The summed E-state index contributed by atoms with van der Waals surface area (Å²) in [5.41, 5.74) is 2.20. The summed E-state index contributed by atoms with van der Waals surface area (Å²) < 4.78 is 5.18. The van der Waals surface area contributed by atoms with E-state index in [1.807, 2.05) is 32.9 Å². The first-order valence-electron chi connectivity index (χ1n) is 5.57. The average Bonchev–Trinajstić information content (AvgIpc) is 2.61. The zero-order chi connectivity index (χ0) is 12.5. The molecule has 90 valence electrons. The van der Waals surface area contributed by atoms with Gasteiger partial charge in [0.2, 0.25) is 5.91 Å². The van der Waals surface area contributed by atoms with E-state index in [1.165, 1.54) is 6.39 Å². The Hall–Kier alpha value is -1.84. The quantitative estimate of drug-likeness (QED) is 0.865. The Balaban J connectivity index is 2.10. The fourth-order valence-corrected chi connectivity index (χ4v) is 1.62. The van der Waals surface area contributed by atoms with Crippen LogP contribution in [0.2, 0.25) is 0 Å². The zero-order valence-corrected chi connectivity index (χ0v) is 10.3. The van der Waals surface area contributed by atoms with E-state index < -0.39 is 0 Å². The summed E-state index contributed by atoms with van der Waals surface area (Å²) in [4.78, 5) is 15.8. The van der Waals surface area contributed by atoms with Gasteiger partial charge < -0.3 is 9.73 Å². The standard InChI is InChI=1S/C13H16N2O2/c1-13(2,3)7-12(16)15-9-4-5-10-11(6-9)17-8-14-10/h4-6,8H,7H2,1-3H3,(H,15,16). The van der Waals surface area contributed by atoms with E-state index in [-0.39, 0.29) is 11.3 Å². The van der Waals surface area contributed by atoms with Crippen molar-refractivity contribution in [2.45, 2.75) is 27.2 Å².